The zero-order chi connectivity index (χ0) is 8.10. The lowest BCUT2D eigenvalue weighted by Gasteiger charge is -2.10. The third-order valence-electron chi connectivity index (χ3n) is 1.92. The number of hydrogen-bond acceptors (Lipinski definition) is 1. The lowest BCUT2D eigenvalue weighted by atomic mass is 10.0. The van der Waals surface area contributed by atoms with E-state index in [0.717, 1.165) is 26.1 Å². The minimum absolute atomic E-state index is 0.819. The van der Waals surface area contributed by atoms with Gasteiger partial charge in [-0.3, -0.25) is 0 Å². The van der Waals surface area contributed by atoms with Gasteiger partial charge in [-0.05, 0) is 32.3 Å². The molecule has 0 aliphatic heterocycles. The highest BCUT2D eigenvalue weighted by molar-refractivity contribution is 5.20. The van der Waals surface area contributed by atoms with Gasteiger partial charge in [0.15, 0.2) is 0 Å². The molecule has 0 saturated heterocycles. The molecule has 1 rings (SSSR count). The Labute approximate surface area is 68.8 Å². The first-order chi connectivity index (χ1) is 5.33. The first-order valence-corrected chi connectivity index (χ1v) is 4.24. The second-order valence-electron chi connectivity index (χ2n) is 2.96. The molecule has 0 amide bonds. The standard InChI is InChI=1S/C10H16O/c1-3-11-8-10-6-4-9(2)5-7-10/h4,7H,3,5-6,8H2,1-2H3. The SMILES string of the molecule is CCOCC1=CCC(C)=CC1. The van der Waals surface area contributed by atoms with E-state index in [0.29, 0.717) is 0 Å². The van der Waals surface area contributed by atoms with Crippen molar-refractivity contribution in [2.24, 2.45) is 0 Å². The van der Waals surface area contributed by atoms with Crippen LogP contribution in [0.5, 0.6) is 0 Å². The molecule has 62 valence electrons. The van der Waals surface area contributed by atoms with E-state index in [-0.39, 0.29) is 0 Å². The minimum atomic E-state index is 0.819. The number of ether oxygens (including phenoxy) is 1. The van der Waals surface area contributed by atoms with Gasteiger partial charge in [-0.2, -0.15) is 0 Å². The van der Waals surface area contributed by atoms with Crippen LogP contribution in [0.15, 0.2) is 23.3 Å². The van der Waals surface area contributed by atoms with Gasteiger partial charge >= 0.3 is 0 Å². The van der Waals surface area contributed by atoms with Crippen LogP contribution < -0.4 is 0 Å². The van der Waals surface area contributed by atoms with E-state index in [1.807, 2.05) is 6.92 Å². The Morgan fingerprint density at radius 2 is 2.18 bits per heavy atom. The molecule has 0 N–H and O–H groups in total. The molecular formula is C10H16O. The third kappa shape index (κ3) is 2.89. The summed E-state index contributed by atoms with van der Waals surface area (Å²) in [7, 11) is 0. The van der Waals surface area contributed by atoms with Crippen molar-refractivity contribution in [3.8, 4) is 0 Å². The molecule has 1 aliphatic rings. The zero-order valence-corrected chi connectivity index (χ0v) is 7.39. The lowest BCUT2D eigenvalue weighted by molar-refractivity contribution is 0.169. The summed E-state index contributed by atoms with van der Waals surface area (Å²) in [6, 6.07) is 0. The van der Waals surface area contributed by atoms with Crippen LogP contribution in [0.4, 0.5) is 0 Å². The number of allylic oxidation sites excluding steroid dienone is 3. The van der Waals surface area contributed by atoms with E-state index in [4.69, 9.17) is 4.74 Å². The Morgan fingerprint density at radius 1 is 1.36 bits per heavy atom. The highest BCUT2D eigenvalue weighted by atomic mass is 16.5. The summed E-state index contributed by atoms with van der Waals surface area (Å²) in [6.07, 6.45) is 6.77. The van der Waals surface area contributed by atoms with Crippen LogP contribution in [0.1, 0.15) is 26.7 Å². The van der Waals surface area contributed by atoms with E-state index >= 15 is 0 Å². The predicted molar refractivity (Wildman–Crippen MR) is 47.6 cm³/mol. The molecular weight excluding hydrogens is 136 g/mol. The molecule has 0 fully saturated rings. The quantitative estimate of drug-likeness (QED) is 0.565. The Morgan fingerprint density at radius 3 is 2.73 bits per heavy atom. The van der Waals surface area contributed by atoms with Crippen LogP contribution in [0.3, 0.4) is 0 Å². The third-order valence-corrected chi connectivity index (χ3v) is 1.92. The predicted octanol–water partition coefficient (Wildman–Crippen LogP) is 2.69. The van der Waals surface area contributed by atoms with E-state index in [1.165, 1.54) is 11.1 Å². The smallest absolute Gasteiger partial charge is 0.0679 e. The second-order valence-corrected chi connectivity index (χ2v) is 2.96. The van der Waals surface area contributed by atoms with Gasteiger partial charge in [0.2, 0.25) is 0 Å². The van der Waals surface area contributed by atoms with Gasteiger partial charge in [0.1, 0.15) is 0 Å². The van der Waals surface area contributed by atoms with Crippen molar-refractivity contribution in [2.75, 3.05) is 13.2 Å². The molecule has 0 aromatic rings. The van der Waals surface area contributed by atoms with Crippen LogP contribution in [-0.4, -0.2) is 13.2 Å². The first kappa shape index (κ1) is 8.54. The highest BCUT2D eigenvalue weighted by Gasteiger charge is 2.00. The van der Waals surface area contributed by atoms with Crippen LogP contribution in [0.25, 0.3) is 0 Å². The average molecular weight is 152 g/mol. The average Bonchev–Trinajstić information content (AvgIpc) is 2.04. The molecule has 1 aliphatic carbocycles. The molecule has 0 saturated carbocycles. The largest absolute Gasteiger partial charge is 0.377 e. The van der Waals surface area contributed by atoms with Gasteiger partial charge in [0, 0.05) is 6.61 Å². The number of hydrogen-bond donors (Lipinski definition) is 0. The van der Waals surface area contributed by atoms with Crippen molar-refractivity contribution >= 4 is 0 Å². The Kier molecular flexibility index (Phi) is 3.37. The molecule has 0 radical (unpaired) electrons. The van der Waals surface area contributed by atoms with Gasteiger partial charge in [0.25, 0.3) is 0 Å². The van der Waals surface area contributed by atoms with Crippen molar-refractivity contribution in [1.29, 1.82) is 0 Å². The van der Waals surface area contributed by atoms with Crippen molar-refractivity contribution in [3.63, 3.8) is 0 Å². The summed E-state index contributed by atoms with van der Waals surface area (Å²) in [5.74, 6) is 0. The lowest BCUT2D eigenvalue weighted by Crippen LogP contribution is -2.00. The molecule has 0 unspecified atom stereocenters. The molecule has 0 atom stereocenters. The second kappa shape index (κ2) is 4.35. The maximum Gasteiger partial charge on any atom is 0.0679 e. The van der Waals surface area contributed by atoms with Gasteiger partial charge < -0.3 is 4.74 Å². The molecule has 1 heteroatoms. The van der Waals surface area contributed by atoms with E-state index in [9.17, 15) is 0 Å². The summed E-state index contributed by atoms with van der Waals surface area (Å²) in [5.41, 5.74) is 2.91. The van der Waals surface area contributed by atoms with Crippen LogP contribution >= 0.6 is 0 Å². The minimum Gasteiger partial charge on any atom is -0.377 e. The molecule has 1 nitrogen and oxygen atoms in total. The van der Waals surface area contributed by atoms with Gasteiger partial charge in [-0.15, -0.1) is 0 Å². The summed E-state index contributed by atoms with van der Waals surface area (Å²) >= 11 is 0. The fourth-order valence-electron chi connectivity index (χ4n) is 1.13. The zero-order valence-electron chi connectivity index (χ0n) is 7.39. The normalized spacial score (nSPS) is 17.6. The van der Waals surface area contributed by atoms with Crippen LogP contribution in [0.2, 0.25) is 0 Å². The Hall–Kier alpha value is -0.560. The van der Waals surface area contributed by atoms with Crippen LogP contribution in [0, 0.1) is 0 Å². The van der Waals surface area contributed by atoms with E-state index < -0.39 is 0 Å². The van der Waals surface area contributed by atoms with Gasteiger partial charge in [-0.1, -0.05) is 17.7 Å². The molecule has 0 aromatic heterocycles. The monoisotopic (exact) mass is 152 g/mol. The molecule has 0 spiro atoms. The highest BCUT2D eigenvalue weighted by Crippen LogP contribution is 2.16. The summed E-state index contributed by atoms with van der Waals surface area (Å²) in [4.78, 5) is 0. The van der Waals surface area contributed by atoms with Crippen LogP contribution in [-0.2, 0) is 4.74 Å². The maximum absolute atomic E-state index is 5.31. The molecule has 0 heterocycles. The van der Waals surface area contributed by atoms with Crippen molar-refractivity contribution in [3.05, 3.63) is 23.3 Å². The number of rotatable bonds is 3. The molecule has 0 bridgehead atoms. The molecule has 11 heavy (non-hydrogen) atoms. The van der Waals surface area contributed by atoms with Crippen molar-refractivity contribution in [2.45, 2.75) is 26.7 Å². The van der Waals surface area contributed by atoms with Gasteiger partial charge in [0.05, 0.1) is 6.61 Å². The summed E-state index contributed by atoms with van der Waals surface area (Å²) in [6.45, 7) is 5.85. The topological polar surface area (TPSA) is 9.23 Å². The van der Waals surface area contributed by atoms with E-state index in [2.05, 4.69) is 19.1 Å². The Bertz CT molecular complexity index is 177. The fraction of sp³-hybridized carbons (Fsp3) is 0.600. The van der Waals surface area contributed by atoms with Crippen molar-refractivity contribution < 1.29 is 4.74 Å². The van der Waals surface area contributed by atoms with Crippen molar-refractivity contribution in [1.82, 2.24) is 0 Å². The summed E-state index contributed by atoms with van der Waals surface area (Å²) < 4.78 is 5.31. The summed E-state index contributed by atoms with van der Waals surface area (Å²) in [5, 5.41) is 0. The van der Waals surface area contributed by atoms with Gasteiger partial charge in [-0.25, -0.2) is 0 Å². The molecule has 0 aromatic carbocycles. The first-order valence-electron chi connectivity index (χ1n) is 4.24. The van der Waals surface area contributed by atoms with E-state index in [1.54, 1.807) is 0 Å². The Balaban J connectivity index is 2.27. The fourth-order valence-corrected chi connectivity index (χ4v) is 1.13. The maximum atomic E-state index is 5.31.